The number of aryl methyl sites for hydroxylation is 1. The predicted molar refractivity (Wildman–Crippen MR) is 93.0 cm³/mol. The molecule has 1 N–H and O–H groups in total. The van der Waals surface area contributed by atoms with Gasteiger partial charge in [0.2, 0.25) is 5.91 Å². The van der Waals surface area contributed by atoms with Crippen LogP contribution in [0.3, 0.4) is 0 Å². The SMILES string of the molecule is Cc1nccc(N2CC3CC(C2)N3CC(=O)Nc2ccccc2)n1. The summed E-state index contributed by atoms with van der Waals surface area (Å²) in [7, 11) is 0. The summed E-state index contributed by atoms with van der Waals surface area (Å²) >= 11 is 0. The summed E-state index contributed by atoms with van der Waals surface area (Å²) in [5, 5.41) is 2.97. The largest absolute Gasteiger partial charge is 0.353 e. The third-order valence-corrected chi connectivity index (χ3v) is 4.81. The van der Waals surface area contributed by atoms with E-state index < -0.39 is 0 Å². The third-order valence-electron chi connectivity index (χ3n) is 4.81. The molecule has 2 bridgehead atoms. The molecule has 4 heterocycles. The van der Waals surface area contributed by atoms with Crippen LogP contribution in [0.1, 0.15) is 12.2 Å². The van der Waals surface area contributed by atoms with Crippen molar-refractivity contribution in [1.82, 2.24) is 14.9 Å². The molecule has 3 aliphatic rings. The Bertz CT molecular complexity index is 723. The molecule has 124 valence electrons. The number of anilines is 2. The maximum absolute atomic E-state index is 12.3. The molecule has 5 rings (SSSR count). The number of piperidine rings is 1. The zero-order valence-electron chi connectivity index (χ0n) is 13.7. The van der Waals surface area contributed by atoms with Crippen molar-refractivity contribution in [3.63, 3.8) is 0 Å². The summed E-state index contributed by atoms with van der Waals surface area (Å²) in [6, 6.07) is 12.4. The number of nitrogens with one attached hydrogen (secondary N) is 1. The molecule has 3 aliphatic heterocycles. The maximum Gasteiger partial charge on any atom is 0.238 e. The average Bonchev–Trinajstić information content (AvgIpc) is 2.61. The fourth-order valence-corrected chi connectivity index (χ4v) is 3.64. The first kappa shape index (κ1) is 15.1. The van der Waals surface area contributed by atoms with E-state index in [0.717, 1.165) is 30.4 Å². The second-order valence-corrected chi connectivity index (χ2v) is 6.50. The molecule has 0 saturated carbocycles. The van der Waals surface area contributed by atoms with Crippen molar-refractivity contribution >= 4 is 17.4 Å². The molecule has 2 unspecified atom stereocenters. The van der Waals surface area contributed by atoms with Crippen molar-refractivity contribution in [2.45, 2.75) is 25.4 Å². The Labute approximate surface area is 141 Å². The highest BCUT2D eigenvalue weighted by Gasteiger charge is 2.45. The van der Waals surface area contributed by atoms with Gasteiger partial charge in [0.15, 0.2) is 0 Å². The molecule has 1 amide bonds. The zero-order chi connectivity index (χ0) is 16.5. The van der Waals surface area contributed by atoms with E-state index in [2.05, 4.69) is 25.1 Å². The molecular weight excluding hydrogens is 302 g/mol. The van der Waals surface area contributed by atoms with Crippen LogP contribution in [0.5, 0.6) is 0 Å². The van der Waals surface area contributed by atoms with Crippen molar-refractivity contribution in [2.24, 2.45) is 0 Å². The number of piperazine rings is 1. The van der Waals surface area contributed by atoms with E-state index in [1.54, 1.807) is 0 Å². The molecule has 3 saturated heterocycles. The van der Waals surface area contributed by atoms with E-state index in [9.17, 15) is 4.79 Å². The number of fused-ring (bicyclic) bond motifs is 2. The van der Waals surface area contributed by atoms with Crippen molar-refractivity contribution in [3.8, 4) is 0 Å². The summed E-state index contributed by atoms with van der Waals surface area (Å²) in [6.07, 6.45) is 2.97. The Morgan fingerprint density at radius 3 is 2.67 bits per heavy atom. The van der Waals surface area contributed by atoms with Crippen molar-refractivity contribution in [1.29, 1.82) is 0 Å². The van der Waals surface area contributed by atoms with Gasteiger partial charge in [-0.1, -0.05) is 18.2 Å². The summed E-state index contributed by atoms with van der Waals surface area (Å²) < 4.78 is 0. The third kappa shape index (κ3) is 2.97. The summed E-state index contributed by atoms with van der Waals surface area (Å²) in [6.45, 7) is 4.21. The Morgan fingerprint density at radius 1 is 1.21 bits per heavy atom. The lowest BCUT2D eigenvalue weighted by atomic mass is 9.87. The number of aromatic nitrogens is 2. The minimum Gasteiger partial charge on any atom is -0.353 e. The van der Waals surface area contributed by atoms with Crippen LogP contribution < -0.4 is 10.2 Å². The Balaban J connectivity index is 1.35. The molecule has 3 fully saturated rings. The van der Waals surface area contributed by atoms with Gasteiger partial charge < -0.3 is 10.2 Å². The number of rotatable bonds is 4. The number of para-hydroxylation sites is 1. The second kappa shape index (κ2) is 6.20. The molecule has 6 nitrogen and oxygen atoms in total. The Kier molecular flexibility index (Phi) is 3.90. The molecule has 0 spiro atoms. The van der Waals surface area contributed by atoms with E-state index >= 15 is 0 Å². The van der Waals surface area contributed by atoms with Crippen molar-refractivity contribution in [2.75, 3.05) is 29.9 Å². The first-order valence-corrected chi connectivity index (χ1v) is 8.34. The fourth-order valence-electron chi connectivity index (χ4n) is 3.64. The van der Waals surface area contributed by atoms with Gasteiger partial charge in [-0.05, 0) is 31.5 Å². The number of nitrogens with zero attached hydrogens (tertiary/aromatic N) is 4. The maximum atomic E-state index is 12.3. The van der Waals surface area contributed by atoms with Crippen LogP contribution in [0.15, 0.2) is 42.6 Å². The van der Waals surface area contributed by atoms with Crippen LogP contribution in [0.25, 0.3) is 0 Å². The van der Waals surface area contributed by atoms with Crippen LogP contribution >= 0.6 is 0 Å². The fraction of sp³-hybridized carbons (Fsp3) is 0.389. The highest BCUT2D eigenvalue weighted by molar-refractivity contribution is 5.92. The van der Waals surface area contributed by atoms with Gasteiger partial charge in [-0.15, -0.1) is 0 Å². The normalized spacial score (nSPS) is 22.8. The van der Waals surface area contributed by atoms with E-state index in [0.29, 0.717) is 18.6 Å². The molecule has 0 aliphatic carbocycles. The number of carbonyl (C=O) groups is 1. The molecule has 1 aromatic carbocycles. The number of amides is 1. The van der Waals surface area contributed by atoms with Crippen LogP contribution in [0.4, 0.5) is 11.5 Å². The molecule has 1 aromatic heterocycles. The second-order valence-electron chi connectivity index (χ2n) is 6.50. The highest BCUT2D eigenvalue weighted by Crippen LogP contribution is 2.33. The quantitative estimate of drug-likeness (QED) is 0.928. The number of hydrogen-bond acceptors (Lipinski definition) is 5. The summed E-state index contributed by atoms with van der Waals surface area (Å²) in [5.74, 6) is 1.85. The zero-order valence-corrected chi connectivity index (χ0v) is 13.7. The first-order chi connectivity index (χ1) is 11.7. The van der Waals surface area contributed by atoms with E-state index in [-0.39, 0.29) is 5.91 Å². The minimum atomic E-state index is 0.0576. The van der Waals surface area contributed by atoms with Gasteiger partial charge in [-0.2, -0.15) is 0 Å². The average molecular weight is 323 g/mol. The summed E-state index contributed by atoms with van der Waals surface area (Å²) in [4.78, 5) is 25.5. The minimum absolute atomic E-state index is 0.0576. The molecular formula is C18H21N5O. The molecule has 2 atom stereocenters. The smallest absolute Gasteiger partial charge is 0.238 e. The van der Waals surface area contributed by atoms with Gasteiger partial charge in [-0.3, -0.25) is 9.69 Å². The van der Waals surface area contributed by atoms with Gasteiger partial charge in [0.25, 0.3) is 0 Å². The van der Waals surface area contributed by atoms with E-state index in [1.165, 1.54) is 6.42 Å². The monoisotopic (exact) mass is 323 g/mol. The molecule has 0 radical (unpaired) electrons. The van der Waals surface area contributed by atoms with Crippen molar-refractivity contribution in [3.05, 3.63) is 48.4 Å². The van der Waals surface area contributed by atoms with Gasteiger partial charge in [0, 0.05) is 37.1 Å². The lowest BCUT2D eigenvalue weighted by Crippen LogP contribution is -2.69. The van der Waals surface area contributed by atoms with Gasteiger partial charge in [0.05, 0.1) is 6.54 Å². The van der Waals surface area contributed by atoms with E-state index in [4.69, 9.17) is 0 Å². The predicted octanol–water partition coefficient (Wildman–Crippen LogP) is 1.69. The highest BCUT2D eigenvalue weighted by atomic mass is 16.2. The lowest BCUT2D eigenvalue weighted by molar-refractivity contribution is -0.121. The molecule has 24 heavy (non-hydrogen) atoms. The topological polar surface area (TPSA) is 61.4 Å². The van der Waals surface area contributed by atoms with Crippen LogP contribution in [-0.4, -0.2) is 52.5 Å². The lowest BCUT2D eigenvalue weighted by Gasteiger charge is -2.56. The Morgan fingerprint density at radius 2 is 1.96 bits per heavy atom. The first-order valence-electron chi connectivity index (χ1n) is 8.34. The molecule has 6 heteroatoms. The Hall–Kier alpha value is -2.47. The van der Waals surface area contributed by atoms with Gasteiger partial charge in [0.1, 0.15) is 11.6 Å². The van der Waals surface area contributed by atoms with Crippen LogP contribution in [0, 0.1) is 6.92 Å². The molecule has 2 aromatic rings. The van der Waals surface area contributed by atoms with Gasteiger partial charge >= 0.3 is 0 Å². The number of carbonyl (C=O) groups excluding carboxylic acids is 1. The number of hydrogen-bond donors (Lipinski definition) is 1. The van der Waals surface area contributed by atoms with Gasteiger partial charge in [-0.25, -0.2) is 9.97 Å². The van der Waals surface area contributed by atoms with Crippen LogP contribution in [-0.2, 0) is 4.79 Å². The summed E-state index contributed by atoms with van der Waals surface area (Å²) in [5.41, 5.74) is 0.853. The van der Waals surface area contributed by atoms with Crippen molar-refractivity contribution < 1.29 is 4.79 Å². The number of benzene rings is 1. The standard InChI is InChI=1S/C18H21N5O/c1-13-19-8-7-17(20-13)22-10-15-9-16(11-22)23(15)12-18(24)21-14-5-3-2-4-6-14/h2-8,15-16H,9-12H2,1H3,(H,21,24). The van der Waals surface area contributed by atoms with Crippen LogP contribution in [0.2, 0.25) is 0 Å². The van der Waals surface area contributed by atoms with E-state index in [1.807, 2.05) is 49.5 Å².